The number of hydrogen-bond acceptors (Lipinski definition) is 2. The van der Waals surface area contributed by atoms with Gasteiger partial charge < -0.3 is 4.90 Å². The Kier molecular flexibility index (Phi) is 3.73. The third kappa shape index (κ3) is 2.97. The van der Waals surface area contributed by atoms with Gasteiger partial charge in [-0.1, -0.05) is 12.1 Å². The summed E-state index contributed by atoms with van der Waals surface area (Å²) in [6.45, 7) is -0.259. The van der Waals surface area contributed by atoms with Crippen LogP contribution in [0.2, 0.25) is 0 Å². The predicted molar refractivity (Wildman–Crippen MR) is 54.0 cm³/mol. The monoisotopic (exact) mass is 242 g/mol. The van der Waals surface area contributed by atoms with E-state index in [-0.39, 0.29) is 6.54 Å². The van der Waals surface area contributed by atoms with E-state index in [0.29, 0.717) is 0 Å². The molecule has 0 heterocycles. The van der Waals surface area contributed by atoms with Crippen molar-refractivity contribution in [3.63, 3.8) is 0 Å². The fourth-order valence-electron chi connectivity index (χ4n) is 1.30. The fourth-order valence-corrected chi connectivity index (χ4v) is 1.30. The zero-order valence-electron chi connectivity index (χ0n) is 8.95. The number of amides is 1. The Morgan fingerprint density at radius 1 is 1.41 bits per heavy atom. The summed E-state index contributed by atoms with van der Waals surface area (Å²) in [7, 11) is 1.28. The molecule has 0 unspecified atom stereocenters. The Balaban J connectivity index is 3.15. The highest BCUT2D eigenvalue weighted by molar-refractivity contribution is 5.95. The standard InChI is InChI=1S/C11H9F3N2O/c1-16(7-6-15)10(17)8-4-2-3-5-9(8)11(12,13)14/h2-5H,7H2,1H3. The Morgan fingerprint density at radius 2 is 2.00 bits per heavy atom. The highest BCUT2D eigenvalue weighted by atomic mass is 19.4. The van der Waals surface area contributed by atoms with Gasteiger partial charge in [0.1, 0.15) is 6.54 Å². The van der Waals surface area contributed by atoms with E-state index in [4.69, 9.17) is 5.26 Å². The van der Waals surface area contributed by atoms with Gasteiger partial charge in [0.15, 0.2) is 0 Å². The number of rotatable bonds is 2. The maximum atomic E-state index is 12.6. The largest absolute Gasteiger partial charge is 0.417 e. The second kappa shape index (κ2) is 4.87. The van der Waals surface area contributed by atoms with Crippen LogP contribution in [0.1, 0.15) is 15.9 Å². The van der Waals surface area contributed by atoms with Crippen molar-refractivity contribution in [3.8, 4) is 6.07 Å². The number of hydrogen-bond donors (Lipinski definition) is 0. The van der Waals surface area contributed by atoms with Gasteiger partial charge in [-0.2, -0.15) is 18.4 Å². The van der Waals surface area contributed by atoms with Crippen LogP contribution in [-0.2, 0) is 6.18 Å². The van der Waals surface area contributed by atoms with Gasteiger partial charge in [-0.25, -0.2) is 0 Å². The molecule has 0 atom stereocenters. The number of benzene rings is 1. The normalized spacial score (nSPS) is 10.8. The molecule has 0 aliphatic carbocycles. The lowest BCUT2D eigenvalue weighted by molar-refractivity contribution is -0.138. The lowest BCUT2D eigenvalue weighted by atomic mass is 10.1. The summed E-state index contributed by atoms with van der Waals surface area (Å²) in [5.41, 5.74) is -1.44. The van der Waals surface area contributed by atoms with E-state index in [0.717, 1.165) is 17.0 Å². The van der Waals surface area contributed by atoms with Gasteiger partial charge in [0.05, 0.1) is 17.2 Å². The van der Waals surface area contributed by atoms with Crippen LogP contribution in [0.15, 0.2) is 24.3 Å². The van der Waals surface area contributed by atoms with E-state index in [1.807, 2.05) is 0 Å². The van der Waals surface area contributed by atoms with Crippen molar-refractivity contribution < 1.29 is 18.0 Å². The average Bonchev–Trinajstić information content (AvgIpc) is 2.27. The van der Waals surface area contributed by atoms with E-state index in [1.165, 1.54) is 19.2 Å². The van der Waals surface area contributed by atoms with Crippen molar-refractivity contribution in [1.82, 2.24) is 4.90 Å². The molecule has 0 radical (unpaired) electrons. The summed E-state index contributed by atoms with van der Waals surface area (Å²) in [6.07, 6.45) is -4.58. The van der Waals surface area contributed by atoms with Gasteiger partial charge in [-0.3, -0.25) is 4.79 Å². The minimum Gasteiger partial charge on any atom is -0.328 e. The lowest BCUT2D eigenvalue weighted by Crippen LogP contribution is -2.29. The Hall–Kier alpha value is -2.03. The molecule has 6 heteroatoms. The minimum atomic E-state index is -4.58. The topological polar surface area (TPSA) is 44.1 Å². The van der Waals surface area contributed by atoms with Crippen LogP contribution in [0, 0.1) is 11.3 Å². The summed E-state index contributed by atoms with van der Waals surface area (Å²) >= 11 is 0. The molecule has 1 rings (SSSR count). The van der Waals surface area contributed by atoms with Crippen molar-refractivity contribution >= 4 is 5.91 Å². The number of nitrogens with zero attached hydrogens (tertiary/aromatic N) is 2. The van der Waals surface area contributed by atoms with E-state index in [9.17, 15) is 18.0 Å². The molecule has 3 nitrogen and oxygen atoms in total. The molecule has 90 valence electrons. The zero-order valence-corrected chi connectivity index (χ0v) is 8.95. The second-order valence-corrected chi connectivity index (χ2v) is 3.36. The van der Waals surface area contributed by atoms with E-state index in [1.54, 1.807) is 6.07 Å². The molecule has 0 N–H and O–H groups in total. The maximum absolute atomic E-state index is 12.6. The van der Waals surface area contributed by atoms with Gasteiger partial charge >= 0.3 is 6.18 Å². The smallest absolute Gasteiger partial charge is 0.328 e. The van der Waals surface area contributed by atoms with Gasteiger partial charge in [-0.05, 0) is 12.1 Å². The first kappa shape index (κ1) is 13.0. The third-order valence-corrected chi connectivity index (χ3v) is 2.12. The molecule has 0 aliphatic rings. The van der Waals surface area contributed by atoms with E-state index >= 15 is 0 Å². The number of carbonyl (C=O) groups is 1. The lowest BCUT2D eigenvalue weighted by Gasteiger charge is -2.17. The molecule has 0 aromatic heterocycles. The number of halogens is 3. The van der Waals surface area contributed by atoms with Crippen LogP contribution in [0.3, 0.4) is 0 Å². The van der Waals surface area contributed by atoms with Crippen molar-refractivity contribution in [2.75, 3.05) is 13.6 Å². The van der Waals surface area contributed by atoms with Crippen molar-refractivity contribution in [1.29, 1.82) is 5.26 Å². The first-order chi connectivity index (χ1) is 7.88. The summed E-state index contributed by atoms with van der Waals surface area (Å²) < 4.78 is 37.9. The first-order valence-corrected chi connectivity index (χ1v) is 4.66. The summed E-state index contributed by atoms with van der Waals surface area (Å²) in [5.74, 6) is -0.820. The zero-order chi connectivity index (χ0) is 13.1. The Bertz CT molecular complexity index is 463. The summed E-state index contributed by atoms with van der Waals surface area (Å²) in [4.78, 5) is 12.6. The molecule has 17 heavy (non-hydrogen) atoms. The molecule has 1 aromatic carbocycles. The maximum Gasteiger partial charge on any atom is 0.417 e. The minimum absolute atomic E-state index is 0.259. The third-order valence-electron chi connectivity index (χ3n) is 2.12. The van der Waals surface area contributed by atoms with Gasteiger partial charge in [0.25, 0.3) is 5.91 Å². The highest BCUT2D eigenvalue weighted by Gasteiger charge is 2.35. The SMILES string of the molecule is CN(CC#N)C(=O)c1ccccc1C(F)(F)F. The number of nitriles is 1. The molecule has 0 fully saturated rings. The molecule has 1 aromatic rings. The molecule has 0 saturated carbocycles. The fraction of sp³-hybridized carbons (Fsp3) is 0.273. The van der Waals surface area contributed by atoms with Crippen LogP contribution >= 0.6 is 0 Å². The molecule has 0 spiro atoms. The molecule has 0 bridgehead atoms. The quantitative estimate of drug-likeness (QED) is 0.747. The molecule has 0 saturated heterocycles. The highest BCUT2D eigenvalue weighted by Crippen LogP contribution is 2.32. The van der Waals surface area contributed by atoms with Gasteiger partial charge in [0.2, 0.25) is 0 Å². The number of carbonyl (C=O) groups excluding carboxylic acids is 1. The van der Waals surface area contributed by atoms with Crippen molar-refractivity contribution in [2.24, 2.45) is 0 Å². The van der Waals surface area contributed by atoms with Crippen LogP contribution < -0.4 is 0 Å². The van der Waals surface area contributed by atoms with Gasteiger partial charge in [0, 0.05) is 7.05 Å². The molecular formula is C11H9F3N2O. The van der Waals surface area contributed by atoms with E-state index in [2.05, 4.69) is 0 Å². The average molecular weight is 242 g/mol. The molecular weight excluding hydrogens is 233 g/mol. The van der Waals surface area contributed by atoms with Crippen LogP contribution in [0.4, 0.5) is 13.2 Å². The van der Waals surface area contributed by atoms with Crippen molar-refractivity contribution in [3.05, 3.63) is 35.4 Å². The van der Waals surface area contributed by atoms with Crippen LogP contribution in [0.25, 0.3) is 0 Å². The predicted octanol–water partition coefficient (Wildman–Crippen LogP) is 2.30. The second-order valence-electron chi connectivity index (χ2n) is 3.36. The first-order valence-electron chi connectivity index (χ1n) is 4.66. The van der Waals surface area contributed by atoms with Crippen LogP contribution in [-0.4, -0.2) is 24.4 Å². The molecule has 0 aliphatic heterocycles. The molecule has 1 amide bonds. The number of alkyl halides is 3. The van der Waals surface area contributed by atoms with E-state index < -0.39 is 23.2 Å². The Morgan fingerprint density at radius 3 is 2.53 bits per heavy atom. The summed E-state index contributed by atoms with van der Waals surface area (Å²) in [5, 5.41) is 8.40. The van der Waals surface area contributed by atoms with Gasteiger partial charge in [-0.15, -0.1) is 0 Å². The van der Waals surface area contributed by atoms with Crippen LogP contribution in [0.5, 0.6) is 0 Å². The summed E-state index contributed by atoms with van der Waals surface area (Å²) in [6, 6.07) is 6.20. The van der Waals surface area contributed by atoms with Crippen molar-refractivity contribution in [2.45, 2.75) is 6.18 Å². The Labute approximate surface area is 96.1 Å².